The number of rotatable bonds is 4. The summed E-state index contributed by atoms with van der Waals surface area (Å²) in [5.41, 5.74) is 13.3. The highest BCUT2D eigenvalue weighted by Gasteiger charge is 2.25. The topological polar surface area (TPSA) is 116 Å². The van der Waals surface area contributed by atoms with Crippen molar-refractivity contribution in [1.29, 1.82) is 0 Å². The van der Waals surface area contributed by atoms with Crippen LogP contribution in [0.5, 0.6) is 0 Å². The van der Waals surface area contributed by atoms with Gasteiger partial charge in [-0.2, -0.15) is 0 Å². The Hall–Kier alpha value is -3.49. The number of benzene rings is 1. The molecule has 1 saturated heterocycles. The van der Waals surface area contributed by atoms with Gasteiger partial charge in [-0.15, -0.1) is 0 Å². The molecule has 0 radical (unpaired) electrons. The Morgan fingerprint density at radius 1 is 1.21 bits per heavy atom. The Morgan fingerprint density at radius 2 is 1.93 bits per heavy atom. The molecule has 0 atom stereocenters. The first kappa shape index (κ1) is 18.9. The second-order valence-corrected chi connectivity index (χ2v) is 7.15. The number of halogens is 1. The van der Waals surface area contributed by atoms with E-state index in [-0.39, 0.29) is 17.6 Å². The summed E-state index contributed by atoms with van der Waals surface area (Å²) >= 11 is 0. The molecule has 1 fully saturated rings. The van der Waals surface area contributed by atoms with Crippen LogP contribution in [0.25, 0.3) is 11.3 Å². The Balaban J connectivity index is 1.53. The second kappa shape index (κ2) is 7.50. The monoisotopic (exact) mass is 395 g/mol. The number of aromatic nitrogens is 4. The van der Waals surface area contributed by atoms with Crippen LogP contribution < -0.4 is 16.4 Å². The summed E-state index contributed by atoms with van der Waals surface area (Å²) in [5.74, 6) is -0.0692. The van der Waals surface area contributed by atoms with E-state index in [1.54, 1.807) is 35.3 Å². The molecular formula is C20H22FN7O. The van der Waals surface area contributed by atoms with Crippen molar-refractivity contribution in [3.8, 4) is 11.3 Å². The van der Waals surface area contributed by atoms with E-state index in [0.717, 1.165) is 18.4 Å². The highest BCUT2D eigenvalue weighted by Crippen LogP contribution is 2.30. The van der Waals surface area contributed by atoms with Crippen LogP contribution in [-0.2, 0) is 0 Å². The molecule has 29 heavy (non-hydrogen) atoms. The fourth-order valence-corrected chi connectivity index (χ4v) is 3.71. The van der Waals surface area contributed by atoms with E-state index in [9.17, 15) is 9.18 Å². The maximum atomic E-state index is 14.2. The maximum absolute atomic E-state index is 14.2. The van der Waals surface area contributed by atoms with Gasteiger partial charge in [0.1, 0.15) is 11.6 Å². The summed E-state index contributed by atoms with van der Waals surface area (Å²) in [6, 6.07) is 6.72. The molecule has 0 unspecified atom stereocenters. The van der Waals surface area contributed by atoms with E-state index >= 15 is 0 Å². The Labute approximate surface area is 167 Å². The molecule has 9 heteroatoms. The van der Waals surface area contributed by atoms with Crippen molar-refractivity contribution in [2.45, 2.75) is 25.8 Å². The summed E-state index contributed by atoms with van der Waals surface area (Å²) in [7, 11) is 0. The van der Waals surface area contributed by atoms with Gasteiger partial charge in [-0.3, -0.25) is 4.79 Å². The fourth-order valence-electron chi connectivity index (χ4n) is 3.71. The van der Waals surface area contributed by atoms with Crippen molar-refractivity contribution in [2.24, 2.45) is 5.73 Å². The quantitative estimate of drug-likeness (QED) is 0.700. The fraction of sp³-hybridized carbons (Fsp3) is 0.300. The normalized spacial score (nSPS) is 14.9. The molecule has 0 spiro atoms. The molecule has 3 aromatic rings. The zero-order valence-corrected chi connectivity index (χ0v) is 16.0. The molecule has 4 N–H and O–H groups in total. The highest BCUT2D eigenvalue weighted by atomic mass is 19.1. The molecule has 0 saturated carbocycles. The van der Waals surface area contributed by atoms with Gasteiger partial charge >= 0.3 is 0 Å². The minimum Gasteiger partial charge on any atom is -0.383 e. The van der Waals surface area contributed by atoms with Gasteiger partial charge in [-0.1, -0.05) is 12.1 Å². The number of carbonyl (C=O) groups excluding carboxylic acids is 1. The predicted molar refractivity (Wildman–Crippen MR) is 108 cm³/mol. The standard InChI is InChI=1S/C20H22FN7O/c1-12-10-24-20(26-16(12)14-4-2-3-5-15(14)21)27-8-6-13(7-9-27)28-11-25-17(18(28)22)19(23)29/h2-5,10-11,13H,6-9,22H2,1H3,(H2,23,29). The maximum Gasteiger partial charge on any atom is 0.271 e. The van der Waals surface area contributed by atoms with E-state index in [0.29, 0.717) is 36.1 Å². The van der Waals surface area contributed by atoms with E-state index in [4.69, 9.17) is 11.5 Å². The SMILES string of the molecule is Cc1cnc(N2CCC(n3cnc(C(N)=O)c3N)CC2)nc1-c1ccccc1F. The van der Waals surface area contributed by atoms with Crippen LogP contribution in [0.2, 0.25) is 0 Å². The number of anilines is 2. The molecule has 0 aliphatic carbocycles. The van der Waals surface area contributed by atoms with Crippen LogP contribution in [0, 0.1) is 12.7 Å². The zero-order chi connectivity index (χ0) is 20.5. The number of hydrogen-bond donors (Lipinski definition) is 2. The average Bonchev–Trinajstić information content (AvgIpc) is 3.11. The lowest BCUT2D eigenvalue weighted by Crippen LogP contribution is -2.36. The summed E-state index contributed by atoms with van der Waals surface area (Å²) in [6.45, 7) is 3.28. The first-order valence-electron chi connectivity index (χ1n) is 9.41. The molecule has 3 heterocycles. The Morgan fingerprint density at radius 3 is 2.59 bits per heavy atom. The van der Waals surface area contributed by atoms with Crippen molar-refractivity contribution in [3.05, 3.63) is 53.9 Å². The predicted octanol–water partition coefficient (Wildman–Crippen LogP) is 2.31. The third kappa shape index (κ3) is 3.51. The molecule has 8 nitrogen and oxygen atoms in total. The smallest absolute Gasteiger partial charge is 0.271 e. The largest absolute Gasteiger partial charge is 0.383 e. The van der Waals surface area contributed by atoms with E-state index < -0.39 is 5.91 Å². The Bertz CT molecular complexity index is 1060. The number of nitrogens with two attached hydrogens (primary N) is 2. The van der Waals surface area contributed by atoms with Gasteiger partial charge in [-0.05, 0) is 37.5 Å². The van der Waals surface area contributed by atoms with Crippen LogP contribution in [0.15, 0.2) is 36.8 Å². The second-order valence-electron chi connectivity index (χ2n) is 7.15. The average molecular weight is 395 g/mol. The Kier molecular flexibility index (Phi) is 4.87. The van der Waals surface area contributed by atoms with Crippen LogP contribution in [0.3, 0.4) is 0 Å². The van der Waals surface area contributed by atoms with Crippen molar-refractivity contribution < 1.29 is 9.18 Å². The number of imidazole rings is 1. The first-order chi connectivity index (χ1) is 14.0. The molecular weight excluding hydrogens is 373 g/mol. The van der Waals surface area contributed by atoms with Crippen molar-refractivity contribution >= 4 is 17.7 Å². The highest BCUT2D eigenvalue weighted by molar-refractivity contribution is 5.95. The number of aryl methyl sites for hydroxylation is 1. The van der Waals surface area contributed by atoms with Gasteiger partial charge in [0.2, 0.25) is 5.95 Å². The lowest BCUT2D eigenvalue weighted by molar-refractivity contribution is 0.0997. The number of nitrogens with zero attached hydrogens (tertiary/aromatic N) is 5. The third-order valence-corrected chi connectivity index (χ3v) is 5.29. The first-order valence-corrected chi connectivity index (χ1v) is 9.41. The van der Waals surface area contributed by atoms with Crippen LogP contribution in [0.4, 0.5) is 16.2 Å². The lowest BCUT2D eigenvalue weighted by Gasteiger charge is -2.33. The number of carbonyl (C=O) groups is 1. The van der Waals surface area contributed by atoms with E-state index in [1.807, 2.05) is 6.92 Å². The molecule has 0 bridgehead atoms. The van der Waals surface area contributed by atoms with Crippen molar-refractivity contribution in [1.82, 2.24) is 19.5 Å². The minimum absolute atomic E-state index is 0.101. The van der Waals surface area contributed by atoms with Crippen LogP contribution >= 0.6 is 0 Å². The molecule has 150 valence electrons. The lowest BCUT2D eigenvalue weighted by atomic mass is 10.0. The van der Waals surface area contributed by atoms with Gasteiger partial charge in [0, 0.05) is 30.9 Å². The number of hydrogen-bond acceptors (Lipinski definition) is 6. The van der Waals surface area contributed by atoms with Gasteiger partial charge in [0.15, 0.2) is 5.69 Å². The summed E-state index contributed by atoms with van der Waals surface area (Å²) in [4.78, 5) is 26.5. The molecule has 1 aliphatic heterocycles. The van der Waals surface area contributed by atoms with Gasteiger partial charge in [0.25, 0.3) is 5.91 Å². The third-order valence-electron chi connectivity index (χ3n) is 5.29. The number of primary amides is 1. The van der Waals surface area contributed by atoms with Crippen LogP contribution in [0.1, 0.15) is 34.9 Å². The number of piperidine rings is 1. The summed E-state index contributed by atoms with van der Waals surface area (Å²) in [5, 5.41) is 0. The minimum atomic E-state index is -0.632. The van der Waals surface area contributed by atoms with Crippen molar-refractivity contribution in [3.63, 3.8) is 0 Å². The van der Waals surface area contributed by atoms with Gasteiger partial charge in [0.05, 0.1) is 12.0 Å². The zero-order valence-electron chi connectivity index (χ0n) is 16.0. The van der Waals surface area contributed by atoms with E-state index in [1.165, 1.54) is 6.07 Å². The van der Waals surface area contributed by atoms with Gasteiger partial charge in [-0.25, -0.2) is 19.3 Å². The summed E-state index contributed by atoms with van der Waals surface area (Å²) < 4.78 is 16.0. The molecule has 4 rings (SSSR count). The summed E-state index contributed by atoms with van der Waals surface area (Å²) in [6.07, 6.45) is 4.85. The molecule has 1 amide bonds. The van der Waals surface area contributed by atoms with Crippen molar-refractivity contribution in [2.75, 3.05) is 23.7 Å². The van der Waals surface area contributed by atoms with Gasteiger partial charge < -0.3 is 20.9 Å². The van der Waals surface area contributed by atoms with E-state index in [2.05, 4.69) is 19.9 Å². The number of nitrogen functional groups attached to an aromatic ring is 1. The molecule has 1 aliphatic rings. The number of amides is 1. The van der Waals surface area contributed by atoms with Crippen LogP contribution in [-0.4, -0.2) is 38.5 Å². The molecule has 1 aromatic carbocycles. The molecule has 2 aromatic heterocycles.